The van der Waals surface area contributed by atoms with Crippen LogP contribution in [0.3, 0.4) is 0 Å². The van der Waals surface area contributed by atoms with Crippen LogP contribution >= 0.6 is 0 Å². The Morgan fingerprint density at radius 1 is 0.211 bits per heavy atom. The highest BCUT2D eigenvalue weighted by molar-refractivity contribution is 5.93. The van der Waals surface area contributed by atoms with E-state index in [9.17, 15) is 0 Å². The second kappa shape index (κ2) is 7.00. The normalized spacial score (nSPS) is 15.8. The van der Waals surface area contributed by atoms with Crippen LogP contribution in [-0.2, 0) is 10.8 Å². The van der Waals surface area contributed by atoms with E-state index < -0.39 is 0 Å². The molecule has 6 aromatic rings. The van der Waals surface area contributed by atoms with E-state index in [1.807, 2.05) is 0 Å². The molecule has 3 aliphatic rings. The molecule has 0 aromatic heterocycles. The van der Waals surface area contributed by atoms with Crippen molar-refractivity contribution in [3.05, 3.63) is 190 Å². The van der Waals surface area contributed by atoms with E-state index in [-0.39, 0.29) is 10.8 Å². The molecule has 0 radical (unpaired) electrons. The molecule has 38 heavy (non-hydrogen) atoms. The predicted octanol–water partition coefficient (Wildman–Crippen LogP) is 8.73. The number of benzene rings is 6. The van der Waals surface area contributed by atoms with Gasteiger partial charge in [-0.25, -0.2) is 0 Å². The molecule has 2 spiro atoms. The van der Waals surface area contributed by atoms with Gasteiger partial charge in [0.2, 0.25) is 0 Å². The summed E-state index contributed by atoms with van der Waals surface area (Å²) >= 11 is 0. The first-order valence-electron chi connectivity index (χ1n) is 13.5. The van der Waals surface area contributed by atoms with Crippen LogP contribution in [-0.4, -0.2) is 0 Å². The molecule has 9 rings (SSSR count). The molecule has 0 bridgehead atoms. The molecule has 0 unspecified atom stereocenters. The van der Waals surface area contributed by atoms with Crippen molar-refractivity contribution in [1.29, 1.82) is 0 Å². The summed E-state index contributed by atoms with van der Waals surface area (Å²) in [5.41, 5.74) is 15.8. The summed E-state index contributed by atoms with van der Waals surface area (Å²) in [5, 5.41) is 0. The minimum Gasteiger partial charge on any atom is -0.0619 e. The predicted molar refractivity (Wildman–Crippen MR) is 155 cm³/mol. The van der Waals surface area contributed by atoms with Crippen molar-refractivity contribution in [2.24, 2.45) is 0 Å². The minimum atomic E-state index is -0.363. The lowest BCUT2D eigenvalue weighted by Gasteiger charge is -2.48. The van der Waals surface area contributed by atoms with Crippen molar-refractivity contribution >= 4 is 0 Å². The molecule has 0 fully saturated rings. The van der Waals surface area contributed by atoms with E-state index in [0.717, 1.165) is 0 Å². The summed E-state index contributed by atoms with van der Waals surface area (Å²) in [7, 11) is 0. The zero-order valence-electron chi connectivity index (χ0n) is 20.9. The Morgan fingerprint density at radius 2 is 0.395 bits per heavy atom. The first kappa shape index (κ1) is 20.4. The van der Waals surface area contributed by atoms with Gasteiger partial charge in [-0.05, 0) is 66.8 Å². The van der Waals surface area contributed by atoms with Gasteiger partial charge in [0.15, 0.2) is 0 Å². The van der Waals surface area contributed by atoms with Crippen LogP contribution in [0.2, 0.25) is 0 Å². The van der Waals surface area contributed by atoms with Gasteiger partial charge in [0.1, 0.15) is 0 Å². The molecule has 0 atom stereocenters. The van der Waals surface area contributed by atoms with Crippen molar-refractivity contribution in [3.8, 4) is 22.3 Å². The molecule has 0 heterocycles. The smallest absolute Gasteiger partial charge is 0.0619 e. The van der Waals surface area contributed by atoms with Gasteiger partial charge in [0.25, 0.3) is 0 Å². The maximum Gasteiger partial charge on any atom is 0.0720 e. The monoisotopic (exact) mass is 480 g/mol. The molecule has 0 N–H and O–H groups in total. The quantitative estimate of drug-likeness (QED) is 0.204. The Balaban J connectivity index is 1.54. The van der Waals surface area contributed by atoms with Crippen molar-refractivity contribution in [1.82, 2.24) is 0 Å². The van der Waals surface area contributed by atoms with E-state index in [1.165, 1.54) is 66.8 Å². The lowest BCUT2D eigenvalue weighted by Crippen LogP contribution is -2.43. The Bertz CT molecular complexity index is 1650. The molecule has 0 heteroatoms. The SMILES string of the molecule is c1ccc2c(c1)-c1ccccc1C21c2ccccc2C2(c3ccccc3-c3ccccc32)c2ccccc21. The minimum absolute atomic E-state index is 0.363. The lowest BCUT2D eigenvalue weighted by molar-refractivity contribution is 0.633. The third kappa shape index (κ3) is 2.09. The third-order valence-corrected chi connectivity index (χ3v) is 9.37. The topological polar surface area (TPSA) is 0 Å². The van der Waals surface area contributed by atoms with Crippen molar-refractivity contribution in [3.63, 3.8) is 0 Å². The second-order valence-electron chi connectivity index (χ2n) is 10.8. The van der Waals surface area contributed by atoms with Crippen LogP contribution in [0.1, 0.15) is 44.5 Å². The highest BCUT2D eigenvalue weighted by atomic mass is 14.6. The summed E-state index contributed by atoms with van der Waals surface area (Å²) in [6.45, 7) is 0. The molecule has 0 amide bonds. The van der Waals surface area contributed by atoms with Gasteiger partial charge in [-0.15, -0.1) is 0 Å². The summed E-state index contributed by atoms with van der Waals surface area (Å²) in [6.07, 6.45) is 0. The Hall–Kier alpha value is -4.68. The first-order chi connectivity index (χ1) is 18.9. The van der Waals surface area contributed by atoms with E-state index in [4.69, 9.17) is 0 Å². The van der Waals surface area contributed by atoms with Crippen molar-refractivity contribution in [2.45, 2.75) is 10.8 Å². The van der Waals surface area contributed by atoms with E-state index in [1.54, 1.807) is 0 Å². The number of hydrogen-bond donors (Lipinski definition) is 0. The average Bonchev–Trinajstić information content (AvgIpc) is 3.46. The van der Waals surface area contributed by atoms with Crippen LogP contribution in [0.25, 0.3) is 22.3 Å². The van der Waals surface area contributed by atoms with Crippen LogP contribution in [0.15, 0.2) is 146 Å². The van der Waals surface area contributed by atoms with Gasteiger partial charge < -0.3 is 0 Å². The standard InChI is InChI=1S/C38H24/c1-5-17-29-25(13-1)26-14-2-6-18-30(26)37(29)33-21-9-11-23-35(33)38(36-24-12-10-22-34(36)37)31-19-7-3-15-27(31)28-16-4-8-20-32(28)38/h1-24H. The first-order valence-corrected chi connectivity index (χ1v) is 13.5. The lowest BCUT2D eigenvalue weighted by atomic mass is 9.52. The van der Waals surface area contributed by atoms with E-state index >= 15 is 0 Å². The van der Waals surface area contributed by atoms with Crippen LogP contribution in [0, 0.1) is 0 Å². The molecule has 0 saturated carbocycles. The van der Waals surface area contributed by atoms with Crippen LogP contribution in [0.4, 0.5) is 0 Å². The van der Waals surface area contributed by atoms with Gasteiger partial charge in [-0.2, -0.15) is 0 Å². The average molecular weight is 481 g/mol. The maximum atomic E-state index is 2.40. The number of rotatable bonds is 0. The van der Waals surface area contributed by atoms with Crippen molar-refractivity contribution in [2.75, 3.05) is 0 Å². The highest BCUT2D eigenvalue weighted by Gasteiger charge is 2.58. The van der Waals surface area contributed by atoms with E-state index in [0.29, 0.717) is 0 Å². The second-order valence-corrected chi connectivity index (χ2v) is 10.8. The molecular weight excluding hydrogens is 456 g/mol. The molecular formula is C38H24. The van der Waals surface area contributed by atoms with Crippen molar-refractivity contribution < 1.29 is 0 Å². The van der Waals surface area contributed by atoms with Crippen LogP contribution in [0.5, 0.6) is 0 Å². The van der Waals surface area contributed by atoms with Gasteiger partial charge >= 0.3 is 0 Å². The molecule has 0 nitrogen and oxygen atoms in total. The largest absolute Gasteiger partial charge is 0.0720 e. The molecule has 176 valence electrons. The fourth-order valence-corrected chi connectivity index (χ4v) is 8.20. The Morgan fingerprint density at radius 3 is 0.632 bits per heavy atom. The fourth-order valence-electron chi connectivity index (χ4n) is 8.20. The van der Waals surface area contributed by atoms with Gasteiger partial charge in [0, 0.05) is 0 Å². The van der Waals surface area contributed by atoms with Gasteiger partial charge in [-0.3, -0.25) is 0 Å². The summed E-state index contributed by atoms with van der Waals surface area (Å²) in [4.78, 5) is 0. The molecule has 0 saturated heterocycles. The number of hydrogen-bond acceptors (Lipinski definition) is 0. The van der Waals surface area contributed by atoms with Crippen LogP contribution < -0.4 is 0 Å². The zero-order chi connectivity index (χ0) is 24.9. The fraction of sp³-hybridized carbons (Fsp3) is 0.0526. The molecule has 6 aromatic carbocycles. The zero-order valence-corrected chi connectivity index (χ0v) is 20.9. The Kier molecular flexibility index (Phi) is 3.75. The highest BCUT2D eigenvalue weighted by Crippen LogP contribution is 2.67. The summed E-state index contributed by atoms with van der Waals surface area (Å²) < 4.78 is 0. The van der Waals surface area contributed by atoms with E-state index in [2.05, 4.69) is 146 Å². The van der Waals surface area contributed by atoms with Gasteiger partial charge in [0.05, 0.1) is 10.8 Å². The maximum absolute atomic E-state index is 2.40. The third-order valence-electron chi connectivity index (χ3n) is 9.37. The Labute approximate surface area is 222 Å². The molecule has 0 aliphatic heterocycles. The molecule has 3 aliphatic carbocycles. The van der Waals surface area contributed by atoms with Gasteiger partial charge in [-0.1, -0.05) is 146 Å². The number of fused-ring (bicyclic) bond motifs is 16. The summed E-state index contributed by atoms with van der Waals surface area (Å²) in [6, 6.07) is 54.7. The summed E-state index contributed by atoms with van der Waals surface area (Å²) in [5.74, 6) is 0.